The molecule has 1 aliphatic rings. The number of nitrogens with two attached hydrogens (primary N) is 1. The third kappa shape index (κ3) is 4.67. The van der Waals surface area contributed by atoms with Gasteiger partial charge in [0.1, 0.15) is 5.75 Å². The van der Waals surface area contributed by atoms with E-state index in [1.54, 1.807) is 0 Å². The SMILES string of the molecule is CCCCCCOc1ccc(C2NNC(C)C2C(=O)NN)cc1. The number of amides is 1. The molecule has 6 nitrogen and oxygen atoms in total. The van der Waals surface area contributed by atoms with Crippen molar-refractivity contribution in [2.24, 2.45) is 11.8 Å². The molecule has 6 heteroatoms. The van der Waals surface area contributed by atoms with E-state index in [4.69, 9.17) is 10.6 Å². The van der Waals surface area contributed by atoms with Gasteiger partial charge in [-0.2, -0.15) is 0 Å². The number of hydrazine groups is 2. The molecule has 0 bridgehead atoms. The largest absolute Gasteiger partial charge is 0.494 e. The molecule has 0 saturated carbocycles. The highest BCUT2D eigenvalue weighted by Crippen LogP contribution is 2.29. The quantitative estimate of drug-likeness (QED) is 0.254. The van der Waals surface area contributed by atoms with Crippen LogP contribution in [0.4, 0.5) is 0 Å². The Morgan fingerprint density at radius 2 is 1.96 bits per heavy atom. The van der Waals surface area contributed by atoms with Crippen molar-refractivity contribution >= 4 is 5.91 Å². The van der Waals surface area contributed by atoms with Crippen LogP contribution in [0.3, 0.4) is 0 Å². The number of benzene rings is 1. The zero-order valence-corrected chi connectivity index (χ0v) is 14.0. The van der Waals surface area contributed by atoms with Gasteiger partial charge in [0.05, 0.1) is 18.6 Å². The van der Waals surface area contributed by atoms with Crippen LogP contribution in [-0.2, 0) is 4.79 Å². The van der Waals surface area contributed by atoms with Crippen molar-refractivity contribution in [3.63, 3.8) is 0 Å². The lowest BCUT2D eigenvalue weighted by atomic mass is 9.89. The van der Waals surface area contributed by atoms with Crippen molar-refractivity contribution < 1.29 is 9.53 Å². The van der Waals surface area contributed by atoms with Crippen LogP contribution in [-0.4, -0.2) is 18.6 Å². The molecule has 0 spiro atoms. The van der Waals surface area contributed by atoms with Crippen molar-refractivity contribution in [2.75, 3.05) is 6.61 Å². The number of rotatable bonds is 8. The normalized spacial score (nSPS) is 23.7. The number of carbonyl (C=O) groups is 1. The van der Waals surface area contributed by atoms with E-state index in [0.717, 1.165) is 24.3 Å². The van der Waals surface area contributed by atoms with Crippen LogP contribution in [0.1, 0.15) is 51.1 Å². The third-order valence-electron chi connectivity index (χ3n) is 4.32. The van der Waals surface area contributed by atoms with Gasteiger partial charge in [-0.1, -0.05) is 38.3 Å². The lowest BCUT2D eigenvalue weighted by Crippen LogP contribution is -2.41. The van der Waals surface area contributed by atoms with Gasteiger partial charge in [-0.05, 0) is 31.0 Å². The van der Waals surface area contributed by atoms with E-state index in [-0.39, 0.29) is 23.9 Å². The van der Waals surface area contributed by atoms with Crippen LogP contribution in [0.15, 0.2) is 24.3 Å². The van der Waals surface area contributed by atoms with Crippen molar-refractivity contribution in [2.45, 2.75) is 51.6 Å². The summed E-state index contributed by atoms with van der Waals surface area (Å²) in [6.45, 7) is 4.91. The summed E-state index contributed by atoms with van der Waals surface area (Å²) in [6.07, 6.45) is 4.78. The van der Waals surface area contributed by atoms with Crippen LogP contribution >= 0.6 is 0 Å². The van der Waals surface area contributed by atoms with E-state index in [0.29, 0.717) is 0 Å². The molecule has 0 radical (unpaired) electrons. The van der Waals surface area contributed by atoms with E-state index in [1.807, 2.05) is 31.2 Å². The van der Waals surface area contributed by atoms with Gasteiger partial charge in [0, 0.05) is 6.04 Å². The Morgan fingerprint density at radius 3 is 2.61 bits per heavy atom. The van der Waals surface area contributed by atoms with Gasteiger partial charge < -0.3 is 4.74 Å². The van der Waals surface area contributed by atoms with Gasteiger partial charge in [-0.15, -0.1) is 0 Å². The predicted molar refractivity (Wildman–Crippen MR) is 90.4 cm³/mol. The van der Waals surface area contributed by atoms with Crippen LogP contribution < -0.4 is 26.9 Å². The Hall–Kier alpha value is -1.63. The Kier molecular flexibility index (Phi) is 6.83. The number of ether oxygens (including phenoxy) is 1. The number of hydrogen-bond acceptors (Lipinski definition) is 5. The summed E-state index contributed by atoms with van der Waals surface area (Å²) >= 11 is 0. The molecule has 1 saturated heterocycles. The average molecular weight is 320 g/mol. The maximum atomic E-state index is 12.0. The minimum Gasteiger partial charge on any atom is -0.494 e. The Labute approximate surface area is 138 Å². The molecule has 1 aliphatic heterocycles. The molecule has 1 aromatic carbocycles. The van der Waals surface area contributed by atoms with E-state index in [1.165, 1.54) is 19.3 Å². The van der Waals surface area contributed by atoms with Crippen molar-refractivity contribution in [3.8, 4) is 5.75 Å². The average Bonchev–Trinajstić information content (AvgIpc) is 2.96. The van der Waals surface area contributed by atoms with E-state index in [9.17, 15) is 4.79 Å². The lowest BCUT2D eigenvalue weighted by Gasteiger charge is -2.19. The fourth-order valence-electron chi connectivity index (χ4n) is 2.95. The first-order chi connectivity index (χ1) is 11.2. The second-order valence-corrected chi connectivity index (χ2v) is 6.07. The van der Waals surface area contributed by atoms with Gasteiger partial charge in [-0.3, -0.25) is 15.6 Å². The van der Waals surface area contributed by atoms with Gasteiger partial charge in [0.2, 0.25) is 5.91 Å². The lowest BCUT2D eigenvalue weighted by molar-refractivity contribution is -0.125. The molecule has 2 rings (SSSR count). The summed E-state index contributed by atoms with van der Waals surface area (Å²) in [5, 5.41) is 0. The summed E-state index contributed by atoms with van der Waals surface area (Å²) in [5.41, 5.74) is 9.56. The van der Waals surface area contributed by atoms with Crippen LogP contribution in [0.25, 0.3) is 0 Å². The first kappa shape index (κ1) is 17.7. The standard InChI is InChI=1S/C17H28N4O2/c1-3-4-5-6-11-23-14-9-7-13(8-10-14)16-15(17(22)19-18)12(2)20-21-16/h7-10,12,15-16,20-21H,3-6,11,18H2,1-2H3,(H,19,22). The molecule has 0 aromatic heterocycles. The summed E-state index contributed by atoms with van der Waals surface area (Å²) in [7, 11) is 0. The first-order valence-corrected chi connectivity index (χ1v) is 8.41. The highest BCUT2D eigenvalue weighted by Gasteiger charge is 2.38. The maximum absolute atomic E-state index is 12.0. The topological polar surface area (TPSA) is 88.4 Å². The second-order valence-electron chi connectivity index (χ2n) is 6.07. The molecule has 1 fully saturated rings. The highest BCUT2D eigenvalue weighted by atomic mass is 16.5. The van der Waals surface area contributed by atoms with Gasteiger partial charge >= 0.3 is 0 Å². The molecule has 3 atom stereocenters. The molecule has 3 unspecified atom stereocenters. The molecule has 5 N–H and O–H groups in total. The van der Waals surface area contributed by atoms with Crippen LogP contribution in [0.2, 0.25) is 0 Å². The van der Waals surface area contributed by atoms with E-state index in [2.05, 4.69) is 23.2 Å². The maximum Gasteiger partial charge on any atom is 0.240 e. The molecule has 1 aromatic rings. The molecular weight excluding hydrogens is 292 g/mol. The zero-order valence-electron chi connectivity index (χ0n) is 14.0. The molecular formula is C17H28N4O2. The fourth-order valence-corrected chi connectivity index (χ4v) is 2.95. The van der Waals surface area contributed by atoms with Gasteiger partial charge in [0.25, 0.3) is 0 Å². The molecule has 1 amide bonds. The number of carbonyl (C=O) groups excluding carboxylic acids is 1. The molecule has 128 valence electrons. The van der Waals surface area contributed by atoms with Crippen LogP contribution in [0, 0.1) is 5.92 Å². The van der Waals surface area contributed by atoms with Crippen molar-refractivity contribution in [1.82, 2.24) is 16.3 Å². The number of unbranched alkanes of at least 4 members (excludes halogenated alkanes) is 3. The minimum atomic E-state index is -0.249. The first-order valence-electron chi connectivity index (χ1n) is 8.41. The van der Waals surface area contributed by atoms with Crippen LogP contribution in [0.5, 0.6) is 5.75 Å². The summed E-state index contributed by atoms with van der Waals surface area (Å²) < 4.78 is 5.75. The number of hydrogen-bond donors (Lipinski definition) is 4. The highest BCUT2D eigenvalue weighted by molar-refractivity contribution is 5.80. The van der Waals surface area contributed by atoms with Gasteiger partial charge in [0.15, 0.2) is 0 Å². The summed E-state index contributed by atoms with van der Waals surface area (Å²) in [5.74, 6) is 5.74. The predicted octanol–water partition coefficient (Wildman–Crippen LogP) is 1.79. The third-order valence-corrected chi connectivity index (χ3v) is 4.32. The minimum absolute atomic E-state index is 0.0121. The molecule has 1 heterocycles. The smallest absolute Gasteiger partial charge is 0.240 e. The monoisotopic (exact) mass is 320 g/mol. The summed E-state index contributed by atoms with van der Waals surface area (Å²) in [4.78, 5) is 12.0. The number of nitrogens with one attached hydrogen (secondary N) is 3. The van der Waals surface area contributed by atoms with E-state index < -0.39 is 0 Å². The Balaban J connectivity index is 1.92. The molecule has 23 heavy (non-hydrogen) atoms. The zero-order chi connectivity index (χ0) is 16.7. The molecule has 0 aliphatic carbocycles. The Morgan fingerprint density at radius 1 is 1.22 bits per heavy atom. The van der Waals surface area contributed by atoms with Gasteiger partial charge in [-0.25, -0.2) is 11.3 Å². The van der Waals surface area contributed by atoms with Crippen molar-refractivity contribution in [1.29, 1.82) is 0 Å². The fraction of sp³-hybridized carbons (Fsp3) is 0.588. The van der Waals surface area contributed by atoms with Crippen molar-refractivity contribution in [3.05, 3.63) is 29.8 Å². The van der Waals surface area contributed by atoms with E-state index >= 15 is 0 Å². The summed E-state index contributed by atoms with van der Waals surface area (Å²) in [6, 6.07) is 7.81. The Bertz CT molecular complexity index is 492. The second kappa shape index (κ2) is 8.86.